The molecule has 9 nitrogen and oxygen atoms in total. The third-order valence-electron chi connectivity index (χ3n) is 6.36. The number of furan rings is 1. The van der Waals surface area contributed by atoms with Gasteiger partial charge in [0.1, 0.15) is 35.2 Å². The van der Waals surface area contributed by atoms with E-state index >= 15 is 0 Å². The van der Waals surface area contributed by atoms with E-state index in [-0.39, 0.29) is 29.8 Å². The molecule has 1 saturated heterocycles. The van der Waals surface area contributed by atoms with E-state index < -0.39 is 36.2 Å². The molecule has 3 heterocycles. The maximum absolute atomic E-state index is 13.5. The summed E-state index contributed by atoms with van der Waals surface area (Å²) >= 11 is 0. The number of methoxy groups -OCH3 is 1. The van der Waals surface area contributed by atoms with Crippen molar-refractivity contribution in [1.82, 2.24) is 0 Å². The first-order chi connectivity index (χ1) is 17.1. The van der Waals surface area contributed by atoms with Gasteiger partial charge < -0.3 is 33.2 Å². The summed E-state index contributed by atoms with van der Waals surface area (Å²) in [4.78, 5) is 24.9. The first-order valence-electron chi connectivity index (χ1n) is 11.9. The highest BCUT2D eigenvalue weighted by Gasteiger charge is 2.43. The van der Waals surface area contributed by atoms with Crippen LogP contribution < -0.4 is 4.74 Å². The van der Waals surface area contributed by atoms with Crippen molar-refractivity contribution in [3.63, 3.8) is 0 Å². The van der Waals surface area contributed by atoms with Gasteiger partial charge >= 0.3 is 5.97 Å². The highest BCUT2D eigenvalue weighted by Crippen LogP contribution is 2.37. The molecule has 9 heteroatoms. The number of aldehydes is 1. The Bertz CT molecular complexity index is 1180. The number of carbonyl (C=O) groups is 2. The lowest BCUT2D eigenvalue weighted by atomic mass is 9.97. The van der Waals surface area contributed by atoms with Gasteiger partial charge in [-0.3, -0.25) is 4.79 Å². The van der Waals surface area contributed by atoms with Crippen LogP contribution in [0.1, 0.15) is 60.6 Å². The lowest BCUT2D eigenvalue weighted by Gasteiger charge is -2.23. The molecule has 4 rings (SSSR count). The Kier molecular flexibility index (Phi) is 7.65. The molecule has 0 aliphatic carbocycles. The van der Waals surface area contributed by atoms with Crippen LogP contribution in [0.4, 0.5) is 0 Å². The summed E-state index contributed by atoms with van der Waals surface area (Å²) in [6.45, 7) is 7.16. The van der Waals surface area contributed by atoms with Crippen LogP contribution in [0.2, 0.25) is 0 Å². The molecule has 0 radical (unpaired) electrons. The Hall–Kier alpha value is -2.98. The molecule has 0 amide bonds. The quantitative estimate of drug-likeness (QED) is 0.285. The van der Waals surface area contributed by atoms with Crippen molar-refractivity contribution in [2.75, 3.05) is 13.9 Å². The number of aliphatic hydroxyl groups excluding tert-OH is 1. The molecule has 1 unspecified atom stereocenters. The maximum Gasteiger partial charge on any atom is 0.342 e. The van der Waals surface area contributed by atoms with Crippen LogP contribution >= 0.6 is 0 Å². The molecule has 1 aromatic heterocycles. The van der Waals surface area contributed by atoms with Gasteiger partial charge in [-0.25, -0.2) is 4.79 Å². The predicted octanol–water partition coefficient (Wildman–Crippen LogP) is 4.26. The van der Waals surface area contributed by atoms with Gasteiger partial charge in [-0.05, 0) is 33.3 Å². The Labute approximate surface area is 209 Å². The van der Waals surface area contributed by atoms with Crippen molar-refractivity contribution in [3.8, 4) is 5.75 Å². The van der Waals surface area contributed by atoms with E-state index in [9.17, 15) is 14.7 Å². The zero-order chi connectivity index (χ0) is 26.0. The Balaban J connectivity index is 1.87. The Morgan fingerprint density at radius 3 is 2.69 bits per heavy atom. The molecule has 0 saturated carbocycles. The molecule has 0 spiro atoms. The minimum absolute atomic E-state index is 0.104. The first kappa shape index (κ1) is 26.1. The van der Waals surface area contributed by atoms with Crippen molar-refractivity contribution in [2.45, 2.75) is 64.3 Å². The Morgan fingerprint density at radius 2 is 1.97 bits per heavy atom. The number of hydrogen-bond acceptors (Lipinski definition) is 9. The Morgan fingerprint density at radius 1 is 1.19 bits per heavy atom. The summed E-state index contributed by atoms with van der Waals surface area (Å²) in [7, 11) is 1.47. The first-order valence-corrected chi connectivity index (χ1v) is 11.9. The van der Waals surface area contributed by atoms with Gasteiger partial charge in [-0.1, -0.05) is 31.2 Å². The monoisotopic (exact) mass is 500 g/mol. The van der Waals surface area contributed by atoms with Crippen LogP contribution in [0, 0.1) is 5.92 Å². The van der Waals surface area contributed by atoms with Gasteiger partial charge in [-0.15, -0.1) is 0 Å². The summed E-state index contributed by atoms with van der Waals surface area (Å²) in [6.07, 6.45) is 5.58. The lowest BCUT2D eigenvalue weighted by Crippen LogP contribution is -2.34. The molecule has 1 aromatic carbocycles. The normalized spacial score (nSPS) is 30.1. The molecule has 5 atom stereocenters. The number of hydrogen-bond donors (Lipinski definition) is 1. The van der Waals surface area contributed by atoms with E-state index in [1.807, 2.05) is 13.0 Å². The van der Waals surface area contributed by atoms with Gasteiger partial charge in [0.15, 0.2) is 24.6 Å². The average molecular weight is 501 g/mol. The number of carbonyl (C=O) groups excluding carboxylic acids is 2. The van der Waals surface area contributed by atoms with Gasteiger partial charge in [0.25, 0.3) is 0 Å². The summed E-state index contributed by atoms with van der Waals surface area (Å²) < 4.78 is 34.3. The zero-order valence-electron chi connectivity index (χ0n) is 21.1. The van der Waals surface area contributed by atoms with Crippen molar-refractivity contribution in [3.05, 3.63) is 47.2 Å². The molecular formula is C27H32O9. The fraction of sp³-hybridized carbons (Fsp3) is 0.481. The second-order valence-corrected chi connectivity index (χ2v) is 9.51. The molecule has 2 aromatic rings. The number of aliphatic hydroxyl groups is 1. The van der Waals surface area contributed by atoms with Gasteiger partial charge in [0.05, 0.1) is 6.10 Å². The smallest absolute Gasteiger partial charge is 0.342 e. The largest absolute Gasteiger partial charge is 0.466 e. The van der Waals surface area contributed by atoms with E-state index in [1.165, 1.54) is 7.11 Å². The highest BCUT2D eigenvalue weighted by molar-refractivity contribution is 6.05. The summed E-state index contributed by atoms with van der Waals surface area (Å²) in [5, 5.41) is 11.4. The minimum atomic E-state index is -0.907. The van der Waals surface area contributed by atoms with E-state index in [2.05, 4.69) is 0 Å². The van der Waals surface area contributed by atoms with Crippen molar-refractivity contribution in [2.24, 2.45) is 5.92 Å². The third-order valence-corrected chi connectivity index (χ3v) is 6.36. The summed E-state index contributed by atoms with van der Waals surface area (Å²) in [5.41, 5.74) is 1.04. The van der Waals surface area contributed by atoms with E-state index in [0.29, 0.717) is 29.2 Å². The number of benzene rings is 1. The average Bonchev–Trinajstić information content (AvgIpc) is 3.39. The third kappa shape index (κ3) is 5.39. The topological polar surface area (TPSA) is 114 Å². The van der Waals surface area contributed by atoms with E-state index in [4.69, 9.17) is 28.1 Å². The number of ether oxygens (including phenoxy) is 5. The standard InChI is InChI=1S/C27H32O9/c1-15-9-10-20(29)25-21(35-27(3,4)36-25)8-6-7-18-19-11-17(13-28)34-22(19)12-23(32-14-31-5)24(18)26(30)33-16(15)2/h6-7,9-13,15-16,20-21,25,29H,8,14H2,1-5H3/b7-6+,10-9-/t15-,16+,20?,21+,25-/m1/s1. The van der Waals surface area contributed by atoms with Gasteiger partial charge in [0.2, 0.25) is 0 Å². The SMILES string of the molecule is COCOc1cc2oc(C=O)cc2c2c1C(=O)O[C@@H](C)[C@H](C)/C=C\C(O)[C@H]1OC(C)(C)O[C@H]1C/C=C/2. The van der Waals surface area contributed by atoms with Crippen LogP contribution in [0.3, 0.4) is 0 Å². The molecule has 1 fully saturated rings. The molecule has 2 aliphatic heterocycles. The molecular weight excluding hydrogens is 468 g/mol. The van der Waals surface area contributed by atoms with Crippen LogP contribution in [0.5, 0.6) is 5.75 Å². The second-order valence-electron chi connectivity index (χ2n) is 9.51. The zero-order valence-corrected chi connectivity index (χ0v) is 21.1. The number of esters is 1. The van der Waals surface area contributed by atoms with E-state index in [0.717, 1.165) is 0 Å². The fourth-order valence-electron chi connectivity index (χ4n) is 4.42. The van der Waals surface area contributed by atoms with Crippen LogP contribution in [0.15, 0.2) is 34.8 Å². The van der Waals surface area contributed by atoms with Crippen LogP contribution in [0.25, 0.3) is 17.0 Å². The fourth-order valence-corrected chi connectivity index (χ4v) is 4.42. The van der Waals surface area contributed by atoms with Crippen LogP contribution in [-0.4, -0.2) is 61.5 Å². The van der Waals surface area contributed by atoms with Gasteiger partial charge in [0, 0.05) is 30.0 Å². The molecule has 0 bridgehead atoms. The van der Waals surface area contributed by atoms with E-state index in [1.54, 1.807) is 51.1 Å². The number of cyclic esters (lactones) is 1. The van der Waals surface area contributed by atoms with Crippen molar-refractivity contribution >= 4 is 29.3 Å². The van der Waals surface area contributed by atoms with Crippen molar-refractivity contribution in [1.29, 1.82) is 0 Å². The lowest BCUT2D eigenvalue weighted by molar-refractivity contribution is -0.152. The second kappa shape index (κ2) is 10.6. The molecule has 2 aliphatic rings. The highest BCUT2D eigenvalue weighted by atomic mass is 16.8. The van der Waals surface area contributed by atoms with Crippen molar-refractivity contribution < 1.29 is 42.8 Å². The van der Waals surface area contributed by atoms with Gasteiger partial charge in [-0.2, -0.15) is 0 Å². The molecule has 194 valence electrons. The van der Waals surface area contributed by atoms with Crippen LogP contribution in [-0.2, 0) is 18.9 Å². The predicted molar refractivity (Wildman–Crippen MR) is 131 cm³/mol. The summed E-state index contributed by atoms with van der Waals surface area (Å²) in [6, 6.07) is 3.12. The maximum atomic E-state index is 13.5. The number of rotatable bonds is 4. The summed E-state index contributed by atoms with van der Waals surface area (Å²) in [5.74, 6) is -1.34. The molecule has 1 N–H and O–H groups in total. The molecule has 36 heavy (non-hydrogen) atoms. The minimum Gasteiger partial charge on any atom is -0.466 e. The number of fused-ring (bicyclic) bond motifs is 4.